The van der Waals surface area contributed by atoms with Gasteiger partial charge in [-0.15, -0.1) is 0 Å². The first kappa shape index (κ1) is 37.6. The van der Waals surface area contributed by atoms with Crippen molar-refractivity contribution in [1.29, 1.82) is 0 Å². The van der Waals surface area contributed by atoms with E-state index in [1.807, 2.05) is 0 Å². The minimum atomic E-state index is -0.992. The highest BCUT2D eigenvalue weighted by Gasteiger charge is 2.39. The molecule has 0 radical (unpaired) electrons. The Bertz CT molecular complexity index is 1550. The Morgan fingerprint density at radius 2 is 1.23 bits per heavy atom. The van der Waals surface area contributed by atoms with Crippen LogP contribution in [0.25, 0.3) is 0 Å². The van der Waals surface area contributed by atoms with Crippen LogP contribution >= 0.6 is 0 Å². The Hall–Kier alpha value is -4.87. The number of carbonyl (C=O) groups excluding carboxylic acids is 3. The normalized spacial score (nSPS) is 20.6. The maximum absolute atomic E-state index is 12.9. The minimum Gasteiger partial charge on any atom is -0.496 e. The molecule has 3 N–H and O–H groups in total. The lowest BCUT2D eigenvalue weighted by molar-refractivity contribution is -0.385. The van der Waals surface area contributed by atoms with E-state index in [2.05, 4.69) is 0 Å². The Morgan fingerprint density at radius 1 is 0.792 bits per heavy atom. The predicted molar refractivity (Wildman–Crippen MR) is 168 cm³/mol. The molecule has 2 aromatic carbocycles. The average Bonchev–Trinajstić information content (AvgIpc) is 3.07. The number of likely N-dealkylation sites (tertiary alicyclic amines) is 2. The second-order valence-corrected chi connectivity index (χ2v) is 11.4. The number of ether oxygens (including phenoxy) is 3. The fourth-order valence-corrected chi connectivity index (χ4v) is 5.76. The first-order valence-corrected chi connectivity index (χ1v) is 15.0. The number of nitrogens with zero attached hydrogens (tertiary/aromatic N) is 4. The fourth-order valence-electron chi connectivity index (χ4n) is 5.76. The highest BCUT2D eigenvalue weighted by atomic mass is 16.6. The standard InChI is InChI=1S/C16H20N2O7.C15H20N2O6/c1-9-6-12(18(22)23)11(8-14(9)24-2)15(20)17-5-4-10(19)7-13(17)16(21)25-3;1-9-5-13(17(21)22)12(7-14(9)23-2)15(20)16-4-3-11(19)6-10(16)8-18/h6,8,10,13,19H,4-5,7H2,1-3H3;5,7,10-11,18-19H,3-4,6,8H2,1-2H3/t10-,13-;10-,11-/m00/s1. The second-order valence-electron chi connectivity index (χ2n) is 11.4. The Morgan fingerprint density at radius 3 is 1.65 bits per heavy atom. The predicted octanol–water partition coefficient (Wildman–Crippen LogP) is 1.92. The number of nitro groups is 2. The van der Waals surface area contributed by atoms with Gasteiger partial charge in [-0.05, 0) is 44.2 Å². The van der Waals surface area contributed by atoms with E-state index in [-0.39, 0.29) is 61.5 Å². The van der Waals surface area contributed by atoms with Crippen LogP contribution in [0.15, 0.2) is 24.3 Å². The van der Waals surface area contributed by atoms with E-state index >= 15 is 0 Å². The molecule has 0 aliphatic carbocycles. The number of aliphatic hydroxyl groups excluding tert-OH is 3. The zero-order valence-electron chi connectivity index (χ0n) is 27.3. The summed E-state index contributed by atoms with van der Waals surface area (Å²) < 4.78 is 15.0. The lowest BCUT2D eigenvalue weighted by atomic mass is 9.97. The number of piperidine rings is 2. The summed E-state index contributed by atoms with van der Waals surface area (Å²) in [6.07, 6.45) is -0.405. The smallest absolute Gasteiger partial charge is 0.328 e. The van der Waals surface area contributed by atoms with Crippen LogP contribution in [0, 0.1) is 34.1 Å². The van der Waals surface area contributed by atoms with E-state index in [0.29, 0.717) is 29.0 Å². The quantitative estimate of drug-likeness (QED) is 0.206. The summed E-state index contributed by atoms with van der Waals surface area (Å²) in [5, 5.41) is 51.5. The largest absolute Gasteiger partial charge is 0.496 e. The third-order valence-electron chi connectivity index (χ3n) is 8.35. The lowest BCUT2D eigenvalue weighted by Gasteiger charge is -2.36. The molecule has 2 heterocycles. The van der Waals surface area contributed by atoms with Crippen LogP contribution in [0.3, 0.4) is 0 Å². The maximum atomic E-state index is 12.9. The van der Waals surface area contributed by atoms with Crippen LogP contribution in [-0.2, 0) is 9.53 Å². The molecule has 0 saturated carbocycles. The summed E-state index contributed by atoms with van der Waals surface area (Å²) in [5.41, 5.74) is 0.173. The first-order valence-electron chi connectivity index (χ1n) is 15.0. The molecule has 17 heteroatoms. The van der Waals surface area contributed by atoms with Gasteiger partial charge in [-0.25, -0.2) is 4.79 Å². The zero-order valence-corrected chi connectivity index (χ0v) is 27.3. The number of hydrogen-bond acceptors (Lipinski definition) is 13. The van der Waals surface area contributed by atoms with Crippen molar-refractivity contribution in [3.63, 3.8) is 0 Å². The Labute approximate surface area is 275 Å². The number of methoxy groups -OCH3 is 3. The molecule has 2 amide bonds. The van der Waals surface area contributed by atoms with Crippen molar-refractivity contribution in [2.45, 2.75) is 63.8 Å². The molecule has 4 atom stereocenters. The Balaban J connectivity index is 0.000000261. The van der Waals surface area contributed by atoms with Crippen molar-refractivity contribution in [3.05, 3.63) is 66.7 Å². The van der Waals surface area contributed by atoms with E-state index in [4.69, 9.17) is 14.2 Å². The molecule has 0 aromatic heterocycles. The van der Waals surface area contributed by atoms with E-state index in [0.717, 1.165) is 0 Å². The number of rotatable bonds is 8. The summed E-state index contributed by atoms with van der Waals surface area (Å²) in [6.45, 7) is 3.31. The molecule has 48 heavy (non-hydrogen) atoms. The maximum Gasteiger partial charge on any atom is 0.328 e. The second kappa shape index (κ2) is 16.3. The molecule has 17 nitrogen and oxygen atoms in total. The van der Waals surface area contributed by atoms with Crippen LogP contribution in [0.5, 0.6) is 11.5 Å². The third kappa shape index (κ3) is 8.34. The molecule has 2 saturated heterocycles. The van der Waals surface area contributed by atoms with Gasteiger partial charge in [0.25, 0.3) is 23.2 Å². The summed E-state index contributed by atoms with van der Waals surface area (Å²) in [4.78, 5) is 61.6. The van der Waals surface area contributed by atoms with E-state index in [1.54, 1.807) is 13.8 Å². The monoisotopic (exact) mass is 676 g/mol. The van der Waals surface area contributed by atoms with Crippen molar-refractivity contribution >= 4 is 29.2 Å². The first-order chi connectivity index (χ1) is 22.7. The van der Waals surface area contributed by atoms with Gasteiger partial charge in [-0.1, -0.05) is 0 Å². The SMILES string of the molecule is COC(=O)[C@@H]1C[C@@H](O)CCN1C(=O)c1cc(OC)c(C)cc1[N+](=O)[O-].COc1cc(C(=O)N2CC[C@H](O)C[C@H]2CO)c([N+](=O)[O-])cc1C. The minimum absolute atomic E-state index is 0.0230. The summed E-state index contributed by atoms with van der Waals surface area (Å²) >= 11 is 0. The molecule has 0 unspecified atom stereocenters. The van der Waals surface area contributed by atoms with Gasteiger partial charge < -0.3 is 39.3 Å². The van der Waals surface area contributed by atoms with Crippen molar-refractivity contribution in [2.24, 2.45) is 0 Å². The molecule has 0 spiro atoms. The highest BCUT2D eigenvalue weighted by Crippen LogP contribution is 2.32. The van der Waals surface area contributed by atoms with Crippen molar-refractivity contribution in [1.82, 2.24) is 9.80 Å². The number of carbonyl (C=O) groups is 3. The zero-order chi connectivity index (χ0) is 35.9. The van der Waals surface area contributed by atoms with Gasteiger partial charge in [-0.3, -0.25) is 29.8 Å². The molecule has 2 aliphatic rings. The van der Waals surface area contributed by atoms with Gasteiger partial charge in [0.1, 0.15) is 28.7 Å². The molecule has 262 valence electrons. The van der Waals surface area contributed by atoms with Crippen LogP contribution in [-0.4, -0.2) is 118 Å². The van der Waals surface area contributed by atoms with Crippen molar-refractivity contribution in [3.8, 4) is 11.5 Å². The van der Waals surface area contributed by atoms with Crippen LogP contribution in [0.2, 0.25) is 0 Å². The van der Waals surface area contributed by atoms with Gasteiger partial charge in [0, 0.05) is 43.8 Å². The molecule has 4 rings (SSSR count). The molecule has 2 aliphatic heterocycles. The molecule has 2 aromatic rings. The number of esters is 1. The van der Waals surface area contributed by atoms with Gasteiger partial charge in [0.2, 0.25) is 0 Å². The summed E-state index contributed by atoms with van der Waals surface area (Å²) in [5.74, 6) is -1.17. The summed E-state index contributed by atoms with van der Waals surface area (Å²) in [7, 11) is 4.01. The third-order valence-corrected chi connectivity index (χ3v) is 8.35. The van der Waals surface area contributed by atoms with Crippen molar-refractivity contribution < 1.29 is 53.8 Å². The van der Waals surface area contributed by atoms with Gasteiger partial charge in [-0.2, -0.15) is 0 Å². The average molecular weight is 677 g/mol. The van der Waals surface area contributed by atoms with E-state index in [1.165, 1.54) is 55.4 Å². The molecular formula is C31H40N4O13. The molecule has 0 bridgehead atoms. The van der Waals surface area contributed by atoms with Gasteiger partial charge in [0.05, 0.1) is 56.0 Å². The van der Waals surface area contributed by atoms with Crippen LogP contribution in [0.1, 0.15) is 57.5 Å². The Kier molecular flexibility index (Phi) is 12.8. The van der Waals surface area contributed by atoms with E-state index < -0.39 is 51.9 Å². The lowest BCUT2D eigenvalue weighted by Crippen LogP contribution is -2.51. The number of amides is 2. The van der Waals surface area contributed by atoms with Gasteiger partial charge in [0.15, 0.2) is 0 Å². The fraction of sp³-hybridized carbons (Fsp3) is 0.516. The number of benzene rings is 2. The topological polar surface area (TPSA) is 232 Å². The molecule has 2 fully saturated rings. The molecular weight excluding hydrogens is 636 g/mol. The highest BCUT2D eigenvalue weighted by molar-refractivity contribution is 6.01. The number of hydrogen-bond donors (Lipinski definition) is 3. The van der Waals surface area contributed by atoms with E-state index in [9.17, 15) is 49.9 Å². The van der Waals surface area contributed by atoms with Crippen LogP contribution < -0.4 is 9.47 Å². The summed E-state index contributed by atoms with van der Waals surface area (Å²) in [6, 6.07) is 3.67. The van der Waals surface area contributed by atoms with Crippen molar-refractivity contribution in [2.75, 3.05) is 41.0 Å². The van der Waals surface area contributed by atoms with Crippen LogP contribution in [0.4, 0.5) is 11.4 Å². The number of aryl methyl sites for hydroxylation is 2. The van der Waals surface area contributed by atoms with Gasteiger partial charge >= 0.3 is 5.97 Å². The number of nitro benzene ring substituents is 2. The number of aliphatic hydroxyl groups is 3.